The van der Waals surface area contributed by atoms with Gasteiger partial charge in [-0.05, 0) is 68.3 Å². The number of rotatable bonds is 2. The van der Waals surface area contributed by atoms with E-state index < -0.39 is 0 Å². The highest BCUT2D eigenvalue weighted by atomic mass is 79.9. The lowest BCUT2D eigenvalue weighted by Gasteiger charge is -2.10. The van der Waals surface area contributed by atoms with Crippen molar-refractivity contribution in [2.75, 3.05) is 5.32 Å². The molecule has 5 heteroatoms. The van der Waals surface area contributed by atoms with Crippen LogP contribution in [0.3, 0.4) is 0 Å². The third-order valence-electron chi connectivity index (χ3n) is 2.12. The van der Waals surface area contributed by atoms with Crippen molar-refractivity contribution >= 4 is 75.1 Å². The molecule has 88 valence electrons. The van der Waals surface area contributed by atoms with Gasteiger partial charge in [0.25, 0.3) is 0 Å². The molecular formula is C12H7Br4N. The van der Waals surface area contributed by atoms with Crippen molar-refractivity contribution in [3.8, 4) is 0 Å². The fourth-order valence-electron chi connectivity index (χ4n) is 1.34. The Labute approximate surface area is 134 Å². The lowest BCUT2D eigenvalue weighted by atomic mass is 10.3. The Morgan fingerprint density at radius 3 is 2.06 bits per heavy atom. The molecule has 0 aromatic heterocycles. The molecule has 0 amide bonds. The van der Waals surface area contributed by atoms with Crippen LogP contribution in [0.15, 0.2) is 54.3 Å². The van der Waals surface area contributed by atoms with E-state index in [0.717, 1.165) is 29.3 Å². The molecule has 2 aromatic rings. The first-order valence-corrected chi connectivity index (χ1v) is 7.90. The molecule has 0 aliphatic heterocycles. The van der Waals surface area contributed by atoms with Crippen molar-refractivity contribution in [1.29, 1.82) is 0 Å². The summed E-state index contributed by atoms with van der Waals surface area (Å²) in [5, 5.41) is 3.35. The first-order valence-electron chi connectivity index (χ1n) is 4.73. The highest BCUT2D eigenvalue weighted by Crippen LogP contribution is 2.35. The molecule has 0 radical (unpaired) electrons. The molecular weight excluding hydrogens is 478 g/mol. The van der Waals surface area contributed by atoms with Gasteiger partial charge in [0.2, 0.25) is 0 Å². The second-order valence-corrected chi connectivity index (χ2v) is 6.86. The van der Waals surface area contributed by atoms with Crippen molar-refractivity contribution in [2.45, 2.75) is 0 Å². The minimum Gasteiger partial charge on any atom is -0.355 e. The van der Waals surface area contributed by atoms with E-state index in [2.05, 4.69) is 69.0 Å². The minimum atomic E-state index is 1.00. The Bertz CT molecular complexity index is 537. The largest absolute Gasteiger partial charge is 0.355 e. The number of anilines is 2. The van der Waals surface area contributed by atoms with Crippen LogP contribution in [-0.2, 0) is 0 Å². The van der Waals surface area contributed by atoms with Gasteiger partial charge >= 0.3 is 0 Å². The monoisotopic (exact) mass is 481 g/mol. The number of hydrogen-bond acceptors (Lipinski definition) is 1. The summed E-state index contributed by atoms with van der Waals surface area (Å²) in [4.78, 5) is 0. The molecule has 1 nitrogen and oxygen atoms in total. The molecule has 0 unspecified atom stereocenters. The van der Waals surface area contributed by atoms with Crippen LogP contribution in [-0.4, -0.2) is 0 Å². The lowest BCUT2D eigenvalue weighted by Crippen LogP contribution is -1.91. The van der Waals surface area contributed by atoms with E-state index in [0.29, 0.717) is 0 Å². The van der Waals surface area contributed by atoms with Crippen LogP contribution in [0.4, 0.5) is 11.4 Å². The summed E-state index contributed by atoms with van der Waals surface area (Å²) < 4.78 is 4.10. The van der Waals surface area contributed by atoms with Crippen LogP contribution < -0.4 is 5.32 Å². The first kappa shape index (κ1) is 13.6. The van der Waals surface area contributed by atoms with Crippen molar-refractivity contribution in [3.63, 3.8) is 0 Å². The Kier molecular flexibility index (Phi) is 4.69. The average Bonchev–Trinajstić information content (AvgIpc) is 2.28. The maximum absolute atomic E-state index is 3.55. The summed E-state index contributed by atoms with van der Waals surface area (Å²) in [5.41, 5.74) is 2.05. The van der Waals surface area contributed by atoms with Crippen LogP contribution in [0.2, 0.25) is 0 Å². The van der Waals surface area contributed by atoms with E-state index in [1.54, 1.807) is 0 Å². The summed E-state index contributed by atoms with van der Waals surface area (Å²) in [6.07, 6.45) is 0. The zero-order valence-electron chi connectivity index (χ0n) is 8.48. The van der Waals surface area contributed by atoms with Gasteiger partial charge in [0.15, 0.2) is 0 Å². The van der Waals surface area contributed by atoms with Gasteiger partial charge < -0.3 is 5.32 Å². The second-order valence-electron chi connectivity index (χ2n) is 3.38. The van der Waals surface area contributed by atoms with Crippen LogP contribution in [0.1, 0.15) is 0 Å². The number of hydrogen-bond donors (Lipinski definition) is 1. The maximum Gasteiger partial charge on any atom is 0.0553 e. The molecule has 0 fully saturated rings. The van der Waals surface area contributed by atoms with Gasteiger partial charge in [-0.15, -0.1) is 0 Å². The summed E-state index contributed by atoms with van der Waals surface area (Å²) in [5.74, 6) is 0. The van der Waals surface area contributed by atoms with E-state index in [9.17, 15) is 0 Å². The van der Waals surface area contributed by atoms with Crippen molar-refractivity contribution in [2.24, 2.45) is 0 Å². The van der Waals surface area contributed by atoms with Gasteiger partial charge in [-0.1, -0.05) is 31.9 Å². The van der Waals surface area contributed by atoms with E-state index >= 15 is 0 Å². The molecule has 0 aliphatic rings. The lowest BCUT2D eigenvalue weighted by molar-refractivity contribution is 1.48. The Balaban J connectivity index is 2.32. The van der Waals surface area contributed by atoms with Gasteiger partial charge in [0, 0.05) is 19.1 Å². The SMILES string of the molecule is Brc1ccc(Nc2cc(Br)cc(Br)c2Br)cc1. The molecule has 2 aromatic carbocycles. The molecule has 0 spiro atoms. The standard InChI is InChI=1S/C12H7Br4N/c13-7-1-3-9(4-2-7)17-11-6-8(14)5-10(15)12(11)16/h1-6,17H. The van der Waals surface area contributed by atoms with Gasteiger partial charge in [0.05, 0.1) is 10.2 Å². The van der Waals surface area contributed by atoms with E-state index in [1.165, 1.54) is 0 Å². The highest BCUT2D eigenvalue weighted by Gasteiger charge is 2.06. The maximum atomic E-state index is 3.55. The summed E-state index contributed by atoms with van der Waals surface area (Å²) in [7, 11) is 0. The summed E-state index contributed by atoms with van der Waals surface area (Å²) in [6.45, 7) is 0. The first-order chi connectivity index (χ1) is 8.06. The predicted molar refractivity (Wildman–Crippen MR) is 87.0 cm³/mol. The molecule has 1 N–H and O–H groups in total. The zero-order valence-corrected chi connectivity index (χ0v) is 14.8. The Morgan fingerprint density at radius 2 is 1.41 bits per heavy atom. The Morgan fingerprint density at radius 1 is 0.765 bits per heavy atom. The summed E-state index contributed by atoms with van der Waals surface area (Å²) >= 11 is 13.9. The Hall–Kier alpha value is 0.160. The topological polar surface area (TPSA) is 12.0 Å². The van der Waals surface area contributed by atoms with Gasteiger partial charge in [-0.3, -0.25) is 0 Å². The van der Waals surface area contributed by atoms with E-state index in [1.807, 2.05) is 36.4 Å². The van der Waals surface area contributed by atoms with Gasteiger partial charge in [-0.25, -0.2) is 0 Å². The van der Waals surface area contributed by atoms with Crippen LogP contribution in [0.25, 0.3) is 0 Å². The molecule has 2 rings (SSSR count). The van der Waals surface area contributed by atoms with Crippen molar-refractivity contribution in [1.82, 2.24) is 0 Å². The fourth-order valence-corrected chi connectivity index (χ4v) is 3.15. The van der Waals surface area contributed by atoms with Crippen LogP contribution in [0, 0.1) is 0 Å². The third kappa shape index (κ3) is 3.56. The second kappa shape index (κ2) is 5.87. The predicted octanol–water partition coefficient (Wildman–Crippen LogP) is 6.48. The molecule has 0 saturated carbocycles. The van der Waals surface area contributed by atoms with Crippen molar-refractivity contribution < 1.29 is 0 Å². The van der Waals surface area contributed by atoms with Crippen LogP contribution in [0.5, 0.6) is 0 Å². The highest BCUT2D eigenvalue weighted by molar-refractivity contribution is 9.13. The molecule has 17 heavy (non-hydrogen) atoms. The number of benzene rings is 2. The quantitative estimate of drug-likeness (QED) is 0.481. The molecule has 0 bridgehead atoms. The third-order valence-corrected chi connectivity index (χ3v) is 5.11. The van der Waals surface area contributed by atoms with Gasteiger partial charge in [-0.2, -0.15) is 0 Å². The van der Waals surface area contributed by atoms with Crippen molar-refractivity contribution in [3.05, 3.63) is 54.3 Å². The van der Waals surface area contributed by atoms with Crippen LogP contribution >= 0.6 is 63.7 Å². The normalized spacial score (nSPS) is 10.4. The molecule has 0 saturated heterocycles. The molecule has 0 aliphatic carbocycles. The van der Waals surface area contributed by atoms with E-state index in [4.69, 9.17) is 0 Å². The molecule has 0 heterocycles. The molecule has 0 atom stereocenters. The minimum absolute atomic E-state index is 1.00. The van der Waals surface area contributed by atoms with E-state index in [-0.39, 0.29) is 0 Å². The van der Waals surface area contributed by atoms with Gasteiger partial charge in [0.1, 0.15) is 0 Å². The summed E-state index contributed by atoms with van der Waals surface area (Å²) in [6, 6.07) is 12.1. The smallest absolute Gasteiger partial charge is 0.0553 e. The number of nitrogens with one attached hydrogen (secondary N) is 1. The number of halogens is 4. The average molecular weight is 485 g/mol. The zero-order chi connectivity index (χ0) is 12.4. The fraction of sp³-hybridized carbons (Fsp3) is 0.